The molecular formula is C18H18ClN3O3. The fraction of sp³-hybridized carbons (Fsp3) is 0.278. The van der Waals surface area contributed by atoms with Crippen molar-refractivity contribution in [3.8, 4) is 0 Å². The molecule has 2 aromatic carbocycles. The van der Waals surface area contributed by atoms with Crippen molar-refractivity contribution in [1.82, 2.24) is 5.32 Å². The molecule has 2 aromatic rings. The predicted octanol–water partition coefficient (Wildman–Crippen LogP) is 4.31. The average Bonchev–Trinajstić information content (AvgIpc) is 3.39. The minimum Gasteiger partial charge on any atom is -0.377 e. The number of hydrogen-bond acceptors (Lipinski definition) is 4. The van der Waals surface area contributed by atoms with E-state index in [1.165, 1.54) is 6.07 Å². The van der Waals surface area contributed by atoms with Gasteiger partial charge in [-0.25, -0.2) is 0 Å². The molecule has 7 heteroatoms. The molecule has 130 valence electrons. The maximum atomic E-state index is 12.4. The maximum Gasteiger partial charge on any atom is 0.293 e. The van der Waals surface area contributed by atoms with Crippen LogP contribution in [-0.4, -0.2) is 16.9 Å². The van der Waals surface area contributed by atoms with E-state index in [9.17, 15) is 14.9 Å². The zero-order chi connectivity index (χ0) is 18.0. The zero-order valence-corrected chi connectivity index (χ0v) is 14.4. The number of nitro benzene ring substituents is 1. The summed E-state index contributed by atoms with van der Waals surface area (Å²) < 4.78 is 0. The van der Waals surface area contributed by atoms with Crippen molar-refractivity contribution >= 4 is 28.9 Å². The maximum absolute atomic E-state index is 12.4. The number of benzene rings is 2. The van der Waals surface area contributed by atoms with Crippen LogP contribution in [-0.2, 0) is 0 Å². The molecule has 2 N–H and O–H groups in total. The Balaban J connectivity index is 1.77. The van der Waals surface area contributed by atoms with Crippen LogP contribution in [0, 0.1) is 10.1 Å². The molecule has 1 saturated carbocycles. The highest BCUT2D eigenvalue weighted by Crippen LogP contribution is 2.31. The number of rotatable bonds is 6. The lowest BCUT2D eigenvalue weighted by atomic mass is 10.1. The highest BCUT2D eigenvalue weighted by Gasteiger charge is 2.25. The van der Waals surface area contributed by atoms with Crippen molar-refractivity contribution in [3.05, 3.63) is 68.7 Å². The van der Waals surface area contributed by atoms with Crippen molar-refractivity contribution in [2.24, 2.45) is 0 Å². The number of amides is 1. The second-order valence-electron chi connectivity index (χ2n) is 6.16. The molecule has 6 nitrogen and oxygen atoms in total. The van der Waals surface area contributed by atoms with Gasteiger partial charge >= 0.3 is 0 Å². The second-order valence-corrected chi connectivity index (χ2v) is 6.59. The molecule has 1 aliphatic carbocycles. The van der Waals surface area contributed by atoms with Crippen LogP contribution in [0.1, 0.15) is 41.7 Å². The Morgan fingerprint density at radius 3 is 2.68 bits per heavy atom. The van der Waals surface area contributed by atoms with E-state index in [4.69, 9.17) is 11.6 Å². The summed E-state index contributed by atoms with van der Waals surface area (Å²) in [5.74, 6) is -0.367. The number of nitrogens with one attached hydrogen (secondary N) is 2. The molecule has 1 aliphatic rings. The molecule has 0 aliphatic heterocycles. The Morgan fingerprint density at radius 2 is 2.04 bits per heavy atom. The van der Waals surface area contributed by atoms with Gasteiger partial charge in [0.05, 0.1) is 11.0 Å². The van der Waals surface area contributed by atoms with Crippen LogP contribution >= 0.6 is 11.6 Å². The van der Waals surface area contributed by atoms with E-state index in [1.807, 2.05) is 19.1 Å². The first-order chi connectivity index (χ1) is 11.9. The number of nitrogens with zero attached hydrogens (tertiary/aromatic N) is 1. The summed E-state index contributed by atoms with van der Waals surface area (Å²) in [4.78, 5) is 23.3. The first kappa shape index (κ1) is 17.2. The van der Waals surface area contributed by atoms with Gasteiger partial charge in [0.2, 0.25) is 0 Å². The normalized spacial score (nSPS) is 14.6. The molecule has 1 fully saturated rings. The van der Waals surface area contributed by atoms with Crippen LogP contribution in [0.2, 0.25) is 5.02 Å². The molecule has 0 aromatic heterocycles. The highest BCUT2D eigenvalue weighted by atomic mass is 35.5. The van der Waals surface area contributed by atoms with Crippen LogP contribution in [0.4, 0.5) is 11.4 Å². The quantitative estimate of drug-likeness (QED) is 0.594. The number of anilines is 1. The topological polar surface area (TPSA) is 84.3 Å². The van der Waals surface area contributed by atoms with Gasteiger partial charge < -0.3 is 10.6 Å². The summed E-state index contributed by atoms with van der Waals surface area (Å²) in [5, 5.41) is 17.8. The van der Waals surface area contributed by atoms with Crippen molar-refractivity contribution < 1.29 is 9.72 Å². The van der Waals surface area contributed by atoms with E-state index in [2.05, 4.69) is 10.6 Å². The Kier molecular flexibility index (Phi) is 4.90. The summed E-state index contributed by atoms with van der Waals surface area (Å²) >= 11 is 5.97. The van der Waals surface area contributed by atoms with Gasteiger partial charge in [0, 0.05) is 22.7 Å². The summed E-state index contributed by atoms with van der Waals surface area (Å²) in [6.07, 6.45) is 2.02. The fourth-order valence-corrected chi connectivity index (χ4v) is 2.73. The van der Waals surface area contributed by atoms with Crippen LogP contribution in [0.15, 0.2) is 42.5 Å². The summed E-state index contributed by atoms with van der Waals surface area (Å²) in [5.41, 5.74) is 1.48. The van der Waals surface area contributed by atoms with Gasteiger partial charge in [-0.2, -0.15) is 0 Å². The van der Waals surface area contributed by atoms with Crippen LogP contribution in [0.5, 0.6) is 0 Å². The van der Waals surface area contributed by atoms with Crippen molar-refractivity contribution in [2.45, 2.75) is 31.8 Å². The first-order valence-electron chi connectivity index (χ1n) is 8.05. The average molecular weight is 360 g/mol. The minimum atomic E-state index is -0.470. The second kappa shape index (κ2) is 7.11. The molecule has 3 rings (SSSR count). The Hall–Kier alpha value is -2.60. The zero-order valence-electron chi connectivity index (χ0n) is 13.7. The Labute approximate surface area is 150 Å². The standard InChI is InChI=1S/C18H18ClN3O3/c1-11(12-3-2-4-14(19)9-12)20-18(23)13-5-8-16(21-15-6-7-15)17(10-13)22(24)25/h2-5,8-11,15,21H,6-7H2,1H3,(H,20,23)/t11-/m0/s1. The lowest BCUT2D eigenvalue weighted by molar-refractivity contribution is -0.384. The molecular weight excluding hydrogens is 342 g/mol. The largest absolute Gasteiger partial charge is 0.377 e. The van der Waals surface area contributed by atoms with Gasteiger partial charge in [-0.1, -0.05) is 23.7 Å². The van der Waals surface area contributed by atoms with Crippen LogP contribution in [0.3, 0.4) is 0 Å². The van der Waals surface area contributed by atoms with Crippen LogP contribution in [0.25, 0.3) is 0 Å². The molecule has 1 atom stereocenters. The number of halogens is 1. The number of nitro groups is 1. The summed E-state index contributed by atoms with van der Waals surface area (Å²) in [6, 6.07) is 11.7. The Morgan fingerprint density at radius 1 is 1.28 bits per heavy atom. The molecule has 1 amide bonds. The van der Waals surface area contributed by atoms with E-state index < -0.39 is 4.92 Å². The molecule has 0 bridgehead atoms. The molecule has 0 radical (unpaired) electrons. The summed E-state index contributed by atoms with van der Waals surface area (Å²) in [7, 11) is 0. The van der Waals surface area contributed by atoms with E-state index in [-0.39, 0.29) is 23.2 Å². The number of hydrogen-bond donors (Lipinski definition) is 2. The minimum absolute atomic E-state index is 0.0880. The number of carbonyl (C=O) groups is 1. The third kappa shape index (κ3) is 4.28. The van der Waals surface area contributed by atoms with E-state index >= 15 is 0 Å². The van der Waals surface area contributed by atoms with Crippen molar-refractivity contribution in [1.29, 1.82) is 0 Å². The predicted molar refractivity (Wildman–Crippen MR) is 97.1 cm³/mol. The monoisotopic (exact) mass is 359 g/mol. The van der Waals surface area contributed by atoms with Crippen molar-refractivity contribution in [3.63, 3.8) is 0 Å². The van der Waals surface area contributed by atoms with Gasteiger partial charge in [-0.15, -0.1) is 0 Å². The third-order valence-corrected chi connectivity index (χ3v) is 4.32. The van der Waals surface area contributed by atoms with Gasteiger partial charge in [0.1, 0.15) is 5.69 Å². The molecule has 25 heavy (non-hydrogen) atoms. The molecule has 0 saturated heterocycles. The van der Waals surface area contributed by atoms with Gasteiger partial charge in [0.15, 0.2) is 0 Å². The van der Waals surface area contributed by atoms with Gasteiger partial charge in [-0.3, -0.25) is 14.9 Å². The lowest BCUT2D eigenvalue weighted by Gasteiger charge is -2.15. The smallest absolute Gasteiger partial charge is 0.293 e. The lowest BCUT2D eigenvalue weighted by Crippen LogP contribution is -2.26. The molecule has 0 spiro atoms. The number of carbonyl (C=O) groups excluding carboxylic acids is 1. The van der Waals surface area contributed by atoms with E-state index in [1.54, 1.807) is 24.3 Å². The van der Waals surface area contributed by atoms with Gasteiger partial charge in [-0.05, 0) is 49.6 Å². The molecule has 0 unspecified atom stereocenters. The van der Waals surface area contributed by atoms with E-state index in [0.717, 1.165) is 18.4 Å². The van der Waals surface area contributed by atoms with Crippen LogP contribution < -0.4 is 10.6 Å². The third-order valence-electron chi connectivity index (χ3n) is 4.09. The Bertz CT molecular complexity index is 821. The van der Waals surface area contributed by atoms with E-state index in [0.29, 0.717) is 16.8 Å². The van der Waals surface area contributed by atoms with Crippen molar-refractivity contribution in [2.75, 3.05) is 5.32 Å². The fourth-order valence-electron chi connectivity index (χ4n) is 2.53. The first-order valence-corrected chi connectivity index (χ1v) is 8.43. The highest BCUT2D eigenvalue weighted by molar-refractivity contribution is 6.30. The summed E-state index contributed by atoms with van der Waals surface area (Å²) in [6.45, 7) is 1.83. The SMILES string of the molecule is C[C@H](NC(=O)c1ccc(NC2CC2)c([N+](=O)[O-])c1)c1cccc(Cl)c1. The molecule has 0 heterocycles. The van der Waals surface area contributed by atoms with Gasteiger partial charge in [0.25, 0.3) is 11.6 Å².